The standard InChI is InChI=1S/C28H29ClFN5O3/c1-27(2)15-34(17-5-6-19(29)20(30)13-17)22-8-7-21(32-24(22)27)25(36)35-12-11-33(16-28(35,3)4)23-14-31-10-9-18(23)26(37)38/h5-10,13-14H,11-12,15-16H2,1-4H3,(H,37,38). The molecule has 2 aliphatic heterocycles. The molecule has 0 spiro atoms. The fourth-order valence-corrected chi connectivity index (χ4v) is 5.54. The van der Waals surface area contributed by atoms with Crippen molar-refractivity contribution in [1.82, 2.24) is 14.9 Å². The minimum Gasteiger partial charge on any atom is -0.478 e. The summed E-state index contributed by atoms with van der Waals surface area (Å²) in [7, 11) is 0. The van der Waals surface area contributed by atoms with Gasteiger partial charge in [0.25, 0.3) is 5.91 Å². The molecule has 198 valence electrons. The molecule has 1 fully saturated rings. The number of amides is 1. The summed E-state index contributed by atoms with van der Waals surface area (Å²) < 4.78 is 14.2. The number of anilines is 3. The Labute approximate surface area is 225 Å². The SMILES string of the molecule is CC1(C)CN(c2ccc(Cl)c(F)c2)c2ccc(C(=O)N3CCN(c4cnccc4C(=O)O)CC3(C)C)nc21. The first kappa shape index (κ1) is 25.9. The Morgan fingerprint density at radius 2 is 1.79 bits per heavy atom. The highest BCUT2D eigenvalue weighted by Crippen LogP contribution is 2.44. The third-order valence-corrected chi connectivity index (χ3v) is 7.62. The number of benzene rings is 1. The van der Waals surface area contributed by atoms with E-state index < -0.39 is 17.3 Å². The van der Waals surface area contributed by atoms with Crippen molar-refractivity contribution in [3.63, 3.8) is 0 Å². The van der Waals surface area contributed by atoms with Crippen molar-refractivity contribution < 1.29 is 19.1 Å². The van der Waals surface area contributed by atoms with Gasteiger partial charge in [0.15, 0.2) is 0 Å². The van der Waals surface area contributed by atoms with E-state index in [2.05, 4.69) is 18.8 Å². The van der Waals surface area contributed by atoms with Crippen LogP contribution in [-0.2, 0) is 5.41 Å². The molecule has 10 heteroatoms. The summed E-state index contributed by atoms with van der Waals surface area (Å²) in [6.45, 7) is 9.91. The molecule has 0 saturated carbocycles. The average Bonchev–Trinajstić information content (AvgIpc) is 3.14. The summed E-state index contributed by atoms with van der Waals surface area (Å²) in [6, 6.07) is 9.79. The number of piperazine rings is 1. The van der Waals surface area contributed by atoms with Crippen LogP contribution in [0.15, 0.2) is 48.8 Å². The van der Waals surface area contributed by atoms with Gasteiger partial charge in [-0.3, -0.25) is 9.78 Å². The smallest absolute Gasteiger partial charge is 0.337 e. The average molecular weight is 538 g/mol. The molecule has 0 aliphatic carbocycles. The number of carbonyl (C=O) groups excluding carboxylic acids is 1. The number of carboxylic acid groups (broad SMARTS) is 1. The second-order valence-corrected chi connectivity index (χ2v) is 11.4. The van der Waals surface area contributed by atoms with Gasteiger partial charge in [-0.1, -0.05) is 25.4 Å². The minimum atomic E-state index is -1.01. The Morgan fingerprint density at radius 1 is 1.03 bits per heavy atom. The van der Waals surface area contributed by atoms with E-state index in [4.69, 9.17) is 16.6 Å². The quantitative estimate of drug-likeness (QED) is 0.493. The van der Waals surface area contributed by atoms with Crippen LogP contribution in [0.25, 0.3) is 0 Å². The summed E-state index contributed by atoms with van der Waals surface area (Å²) in [5.41, 5.74) is 2.38. The van der Waals surface area contributed by atoms with Crippen molar-refractivity contribution in [2.75, 3.05) is 36.0 Å². The van der Waals surface area contributed by atoms with Gasteiger partial charge in [-0.05, 0) is 50.2 Å². The predicted molar refractivity (Wildman–Crippen MR) is 144 cm³/mol. The summed E-state index contributed by atoms with van der Waals surface area (Å²) in [6.07, 6.45) is 3.02. The first-order chi connectivity index (χ1) is 17.9. The topological polar surface area (TPSA) is 89.9 Å². The van der Waals surface area contributed by atoms with E-state index in [9.17, 15) is 19.1 Å². The van der Waals surface area contributed by atoms with Crippen molar-refractivity contribution in [2.24, 2.45) is 0 Å². The number of nitrogens with zero attached hydrogens (tertiary/aromatic N) is 5. The highest BCUT2D eigenvalue weighted by Gasteiger charge is 2.41. The first-order valence-electron chi connectivity index (χ1n) is 12.4. The van der Waals surface area contributed by atoms with E-state index in [0.29, 0.717) is 43.2 Å². The van der Waals surface area contributed by atoms with Crippen LogP contribution in [0.2, 0.25) is 5.02 Å². The minimum absolute atomic E-state index is 0.0666. The molecule has 1 aromatic carbocycles. The molecular formula is C28H29ClFN5O3. The van der Waals surface area contributed by atoms with Crippen LogP contribution in [0.4, 0.5) is 21.5 Å². The van der Waals surface area contributed by atoms with Gasteiger partial charge in [-0.2, -0.15) is 0 Å². The number of aromatic carboxylic acids is 1. The molecule has 2 aliphatic rings. The Kier molecular flexibility index (Phi) is 6.30. The fourth-order valence-electron chi connectivity index (χ4n) is 5.42. The molecule has 4 heterocycles. The zero-order valence-corrected chi connectivity index (χ0v) is 22.5. The molecule has 2 aromatic heterocycles. The number of aromatic nitrogens is 2. The fraction of sp³-hybridized carbons (Fsp3) is 0.357. The number of halogens is 2. The molecule has 1 N–H and O–H groups in total. The predicted octanol–water partition coefficient (Wildman–Crippen LogP) is 5.14. The number of rotatable bonds is 4. The van der Waals surface area contributed by atoms with Gasteiger partial charge in [-0.15, -0.1) is 0 Å². The van der Waals surface area contributed by atoms with Crippen molar-refractivity contribution in [3.05, 3.63) is 76.6 Å². The van der Waals surface area contributed by atoms with Crippen LogP contribution in [0.1, 0.15) is 54.2 Å². The summed E-state index contributed by atoms with van der Waals surface area (Å²) in [5.74, 6) is -1.69. The van der Waals surface area contributed by atoms with Gasteiger partial charge < -0.3 is 19.8 Å². The number of carboxylic acids is 1. The summed E-state index contributed by atoms with van der Waals surface area (Å²) >= 11 is 5.88. The van der Waals surface area contributed by atoms with Crippen LogP contribution in [0.3, 0.4) is 0 Å². The molecule has 5 rings (SSSR count). The van der Waals surface area contributed by atoms with E-state index in [-0.39, 0.29) is 21.9 Å². The van der Waals surface area contributed by atoms with Crippen LogP contribution < -0.4 is 9.80 Å². The Bertz CT molecular complexity index is 1440. The second kappa shape index (κ2) is 9.23. The van der Waals surface area contributed by atoms with Gasteiger partial charge in [-0.25, -0.2) is 14.2 Å². The van der Waals surface area contributed by atoms with E-state index in [1.807, 2.05) is 29.7 Å². The van der Waals surface area contributed by atoms with Crippen LogP contribution in [0, 0.1) is 5.82 Å². The maximum absolute atomic E-state index is 14.2. The van der Waals surface area contributed by atoms with Gasteiger partial charge >= 0.3 is 5.97 Å². The molecule has 38 heavy (non-hydrogen) atoms. The number of hydrogen-bond acceptors (Lipinski definition) is 6. The lowest BCUT2D eigenvalue weighted by Crippen LogP contribution is -2.61. The third kappa shape index (κ3) is 4.45. The first-order valence-corrected chi connectivity index (χ1v) is 12.8. The lowest BCUT2D eigenvalue weighted by atomic mass is 9.91. The zero-order valence-electron chi connectivity index (χ0n) is 21.7. The maximum atomic E-state index is 14.2. The van der Waals surface area contributed by atoms with Crippen molar-refractivity contribution >= 4 is 40.5 Å². The number of fused-ring (bicyclic) bond motifs is 1. The Balaban J connectivity index is 1.41. The highest BCUT2D eigenvalue weighted by molar-refractivity contribution is 6.30. The largest absolute Gasteiger partial charge is 0.478 e. The molecule has 0 unspecified atom stereocenters. The van der Waals surface area contributed by atoms with Crippen LogP contribution in [-0.4, -0.2) is 63.6 Å². The second-order valence-electron chi connectivity index (χ2n) is 11.0. The van der Waals surface area contributed by atoms with Crippen molar-refractivity contribution in [1.29, 1.82) is 0 Å². The Morgan fingerprint density at radius 3 is 2.47 bits per heavy atom. The Hall–Kier alpha value is -3.72. The van der Waals surface area contributed by atoms with Gasteiger partial charge in [0.05, 0.1) is 39.4 Å². The molecule has 0 bridgehead atoms. The maximum Gasteiger partial charge on any atom is 0.337 e. The molecule has 1 amide bonds. The zero-order chi connectivity index (χ0) is 27.4. The molecule has 0 radical (unpaired) electrons. The summed E-state index contributed by atoms with van der Waals surface area (Å²) in [5, 5.41) is 9.66. The number of carbonyl (C=O) groups is 2. The monoisotopic (exact) mass is 537 g/mol. The normalized spacial score (nSPS) is 17.9. The van der Waals surface area contributed by atoms with Crippen molar-refractivity contribution in [3.8, 4) is 0 Å². The van der Waals surface area contributed by atoms with Crippen molar-refractivity contribution in [2.45, 2.75) is 38.6 Å². The van der Waals surface area contributed by atoms with E-state index in [1.165, 1.54) is 24.4 Å². The van der Waals surface area contributed by atoms with Crippen LogP contribution >= 0.6 is 11.6 Å². The highest BCUT2D eigenvalue weighted by atomic mass is 35.5. The van der Waals surface area contributed by atoms with Gasteiger partial charge in [0.2, 0.25) is 0 Å². The third-order valence-electron chi connectivity index (χ3n) is 7.31. The van der Waals surface area contributed by atoms with E-state index >= 15 is 0 Å². The number of pyridine rings is 2. The molecule has 8 nitrogen and oxygen atoms in total. The molecule has 0 atom stereocenters. The number of hydrogen-bond donors (Lipinski definition) is 1. The summed E-state index contributed by atoms with van der Waals surface area (Å²) in [4.78, 5) is 40.1. The molecule has 3 aromatic rings. The van der Waals surface area contributed by atoms with Gasteiger partial charge in [0, 0.05) is 43.5 Å². The van der Waals surface area contributed by atoms with E-state index in [1.54, 1.807) is 23.2 Å². The lowest BCUT2D eigenvalue weighted by Gasteiger charge is -2.48. The van der Waals surface area contributed by atoms with Crippen LogP contribution in [0.5, 0.6) is 0 Å². The molecular weight excluding hydrogens is 509 g/mol. The molecule has 1 saturated heterocycles. The lowest BCUT2D eigenvalue weighted by molar-refractivity contribution is 0.0505. The van der Waals surface area contributed by atoms with E-state index in [0.717, 1.165) is 11.4 Å². The van der Waals surface area contributed by atoms with Gasteiger partial charge in [0.1, 0.15) is 11.5 Å².